The summed E-state index contributed by atoms with van der Waals surface area (Å²) in [5, 5.41) is 5.62. The summed E-state index contributed by atoms with van der Waals surface area (Å²) in [6.45, 7) is 5.74. The van der Waals surface area contributed by atoms with Crippen LogP contribution in [0.1, 0.15) is 13.8 Å². The van der Waals surface area contributed by atoms with E-state index in [0.717, 1.165) is 0 Å². The maximum absolute atomic E-state index is 12.3. The highest BCUT2D eigenvalue weighted by Crippen LogP contribution is 2.24. The normalized spacial score (nSPS) is 17.0. The molecule has 2 rings (SSSR count). The molecule has 2 N–H and O–H groups in total. The smallest absolute Gasteiger partial charge is 0.241 e. The van der Waals surface area contributed by atoms with E-state index in [-0.39, 0.29) is 24.4 Å². The van der Waals surface area contributed by atoms with Gasteiger partial charge in [0.25, 0.3) is 0 Å². The number of amides is 2. The summed E-state index contributed by atoms with van der Waals surface area (Å²) in [4.78, 5) is 25.6. The van der Waals surface area contributed by atoms with Crippen molar-refractivity contribution in [2.75, 3.05) is 31.6 Å². The number of benzene rings is 1. The van der Waals surface area contributed by atoms with Crippen molar-refractivity contribution in [2.45, 2.75) is 19.9 Å². The molecule has 1 aliphatic heterocycles. The molecule has 1 aromatic rings. The van der Waals surface area contributed by atoms with E-state index < -0.39 is 0 Å². The van der Waals surface area contributed by atoms with E-state index >= 15 is 0 Å². The third kappa shape index (κ3) is 3.95. The SMILES string of the molecule is CCOc1ccccc1NC(=O)[C@H](C)N1CCNC(=O)C1. The Hall–Kier alpha value is -2.08. The van der Waals surface area contributed by atoms with Gasteiger partial charge in [-0.05, 0) is 26.0 Å². The molecule has 1 heterocycles. The largest absolute Gasteiger partial charge is 0.492 e. The van der Waals surface area contributed by atoms with Crippen LogP contribution in [0, 0.1) is 0 Å². The van der Waals surface area contributed by atoms with E-state index in [4.69, 9.17) is 4.74 Å². The van der Waals surface area contributed by atoms with E-state index in [1.54, 1.807) is 13.0 Å². The maximum Gasteiger partial charge on any atom is 0.241 e. The topological polar surface area (TPSA) is 70.7 Å². The number of hydrogen-bond donors (Lipinski definition) is 2. The number of para-hydroxylation sites is 2. The lowest BCUT2D eigenvalue weighted by Crippen LogP contribution is -2.53. The molecule has 1 aliphatic rings. The quantitative estimate of drug-likeness (QED) is 0.843. The first-order valence-corrected chi connectivity index (χ1v) is 7.15. The van der Waals surface area contributed by atoms with Gasteiger partial charge in [0.15, 0.2) is 0 Å². The van der Waals surface area contributed by atoms with Gasteiger partial charge in [-0.15, -0.1) is 0 Å². The average molecular weight is 291 g/mol. The minimum atomic E-state index is -0.370. The van der Waals surface area contributed by atoms with Crippen LogP contribution in [0.2, 0.25) is 0 Å². The molecule has 0 unspecified atom stereocenters. The molecule has 114 valence electrons. The minimum Gasteiger partial charge on any atom is -0.492 e. The fraction of sp³-hybridized carbons (Fsp3) is 0.467. The summed E-state index contributed by atoms with van der Waals surface area (Å²) >= 11 is 0. The Kier molecular flexibility index (Phi) is 5.16. The van der Waals surface area contributed by atoms with Gasteiger partial charge >= 0.3 is 0 Å². The van der Waals surface area contributed by atoms with Gasteiger partial charge in [0.05, 0.1) is 24.9 Å². The van der Waals surface area contributed by atoms with Crippen molar-refractivity contribution in [1.82, 2.24) is 10.2 Å². The number of carbonyl (C=O) groups is 2. The first-order valence-electron chi connectivity index (χ1n) is 7.15. The van der Waals surface area contributed by atoms with Crippen molar-refractivity contribution < 1.29 is 14.3 Å². The lowest BCUT2D eigenvalue weighted by molar-refractivity contribution is -0.127. The van der Waals surface area contributed by atoms with Crippen LogP contribution in [0.4, 0.5) is 5.69 Å². The Morgan fingerprint density at radius 3 is 2.95 bits per heavy atom. The highest BCUT2D eigenvalue weighted by Gasteiger charge is 2.26. The van der Waals surface area contributed by atoms with Crippen LogP contribution in [0.25, 0.3) is 0 Å². The number of nitrogens with one attached hydrogen (secondary N) is 2. The Morgan fingerprint density at radius 2 is 2.24 bits per heavy atom. The number of anilines is 1. The molecule has 0 bridgehead atoms. The molecular formula is C15H21N3O3. The van der Waals surface area contributed by atoms with Gasteiger partial charge in [-0.3, -0.25) is 14.5 Å². The number of ether oxygens (including phenoxy) is 1. The van der Waals surface area contributed by atoms with Gasteiger partial charge in [0.2, 0.25) is 11.8 Å². The van der Waals surface area contributed by atoms with Crippen molar-refractivity contribution >= 4 is 17.5 Å². The molecular weight excluding hydrogens is 270 g/mol. The second kappa shape index (κ2) is 7.08. The molecule has 1 saturated heterocycles. The van der Waals surface area contributed by atoms with Crippen LogP contribution in [-0.4, -0.2) is 49.0 Å². The van der Waals surface area contributed by atoms with Gasteiger partial charge in [-0.1, -0.05) is 12.1 Å². The lowest BCUT2D eigenvalue weighted by atomic mass is 10.2. The highest BCUT2D eigenvalue weighted by atomic mass is 16.5. The number of rotatable bonds is 5. The lowest BCUT2D eigenvalue weighted by Gasteiger charge is -2.31. The van der Waals surface area contributed by atoms with Crippen LogP contribution in [0.15, 0.2) is 24.3 Å². The van der Waals surface area contributed by atoms with Crippen LogP contribution in [-0.2, 0) is 9.59 Å². The first kappa shape index (κ1) is 15.3. The third-order valence-electron chi connectivity index (χ3n) is 3.44. The second-order valence-electron chi connectivity index (χ2n) is 4.91. The number of nitrogens with zero attached hydrogens (tertiary/aromatic N) is 1. The third-order valence-corrected chi connectivity index (χ3v) is 3.44. The number of hydrogen-bond acceptors (Lipinski definition) is 4. The monoisotopic (exact) mass is 291 g/mol. The van der Waals surface area contributed by atoms with Gasteiger partial charge < -0.3 is 15.4 Å². The van der Waals surface area contributed by atoms with Gasteiger partial charge in [-0.2, -0.15) is 0 Å². The van der Waals surface area contributed by atoms with Crippen molar-refractivity contribution in [3.63, 3.8) is 0 Å². The molecule has 6 heteroatoms. The summed E-state index contributed by atoms with van der Waals surface area (Å²) in [5.74, 6) is 0.462. The van der Waals surface area contributed by atoms with Gasteiger partial charge in [0.1, 0.15) is 5.75 Å². The van der Waals surface area contributed by atoms with Crippen LogP contribution in [0.3, 0.4) is 0 Å². The van der Waals surface area contributed by atoms with Gasteiger partial charge in [0, 0.05) is 13.1 Å². The van der Waals surface area contributed by atoms with Crippen molar-refractivity contribution in [2.24, 2.45) is 0 Å². The predicted octanol–water partition coefficient (Wildman–Crippen LogP) is 0.844. The molecule has 0 saturated carbocycles. The van der Waals surface area contributed by atoms with Crippen molar-refractivity contribution in [1.29, 1.82) is 0 Å². The van der Waals surface area contributed by atoms with E-state index in [2.05, 4.69) is 10.6 Å². The van der Waals surface area contributed by atoms with Crippen LogP contribution >= 0.6 is 0 Å². The minimum absolute atomic E-state index is 0.0457. The Bertz CT molecular complexity index is 519. The summed E-state index contributed by atoms with van der Waals surface area (Å²) in [6, 6.07) is 6.96. The van der Waals surface area contributed by atoms with E-state index in [1.165, 1.54) is 0 Å². The molecule has 1 fully saturated rings. The predicted molar refractivity (Wildman–Crippen MR) is 80.3 cm³/mol. The maximum atomic E-state index is 12.3. The molecule has 0 spiro atoms. The van der Waals surface area contributed by atoms with E-state index in [1.807, 2.05) is 30.0 Å². The average Bonchev–Trinajstić information content (AvgIpc) is 2.48. The fourth-order valence-corrected chi connectivity index (χ4v) is 2.24. The molecule has 0 aromatic heterocycles. The van der Waals surface area contributed by atoms with E-state index in [0.29, 0.717) is 31.1 Å². The summed E-state index contributed by atoms with van der Waals surface area (Å²) in [6.07, 6.45) is 0. The number of piperazine rings is 1. The van der Waals surface area contributed by atoms with Crippen molar-refractivity contribution in [3.8, 4) is 5.75 Å². The first-order chi connectivity index (χ1) is 10.1. The van der Waals surface area contributed by atoms with Gasteiger partial charge in [-0.25, -0.2) is 0 Å². The van der Waals surface area contributed by atoms with E-state index in [9.17, 15) is 9.59 Å². The molecule has 2 amide bonds. The zero-order chi connectivity index (χ0) is 15.2. The summed E-state index contributed by atoms with van der Waals surface area (Å²) in [5.41, 5.74) is 0.651. The van der Waals surface area contributed by atoms with Crippen LogP contribution in [0.5, 0.6) is 5.75 Å². The molecule has 0 aliphatic carbocycles. The zero-order valence-electron chi connectivity index (χ0n) is 12.4. The molecule has 1 aromatic carbocycles. The molecule has 21 heavy (non-hydrogen) atoms. The second-order valence-corrected chi connectivity index (χ2v) is 4.91. The Labute approximate surface area is 124 Å². The fourth-order valence-electron chi connectivity index (χ4n) is 2.24. The Balaban J connectivity index is 2.02. The standard InChI is InChI=1S/C15H21N3O3/c1-3-21-13-7-5-4-6-12(13)17-15(20)11(2)18-9-8-16-14(19)10-18/h4-7,11H,3,8-10H2,1-2H3,(H,16,19)(H,17,20)/t11-/m0/s1. The number of carbonyl (C=O) groups excluding carboxylic acids is 2. The zero-order valence-corrected chi connectivity index (χ0v) is 12.4. The highest BCUT2D eigenvalue weighted by molar-refractivity contribution is 5.96. The summed E-state index contributed by atoms with van der Waals surface area (Å²) < 4.78 is 5.49. The molecule has 6 nitrogen and oxygen atoms in total. The van der Waals surface area contributed by atoms with Crippen molar-refractivity contribution in [3.05, 3.63) is 24.3 Å². The van der Waals surface area contributed by atoms with Crippen LogP contribution < -0.4 is 15.4 Å². The molecule has 1 atom stereocenters. The summed E-state index contributed by atoms with van der Waals surface area (Å²) in [7, 11) is 0. The Morgan fingerprint density at radius 1 is 1.48 bits per heavy atom. The molecule has 0 radical (unpaired) electrons.